The van der Waals surface area contributed by atoms with Crippen molar-refractivity contribution < 1.29 is 9.53 Å². The first-order valence-corrected chi connectivity index (χ1v) is 3.86. The molecule has 0 unspecified atom stereocenters. The number of esters is 1. The Kier molecular flexibility index (Phi) is 3.33. The zero-order chi connectivity index (χ0) is 8.81. The number of rotatable bonds is 3. The molecule has 0 N–H and O–H groups in total. The van der Waals surface area contributed by atoms with Gasteiger partial charge in [-0.15, -0.1) is 0 Å². The van der Waals surface area contributed by atoms with Crippen molar-refractivity contribution in [2.45, 2.75) is 6.42 Å². The fourth-order valence-corrected chi connectivity index (χ4v) is 0.822. The van der Waals surface area contributed by atoms with E-state index in [-0.39, 0.29) is 5.97 Å². The minimum atomic E-state index is -0.278. The summed E-state index contributed by atoms with van der Waals surface area (Å²) >= 11 is 0. The average Bonchev–Trinajstić information content (AvgIpc) is 2.15. The van der Waals surface area contributed by atoms with Gasteiger partial charge in [0.1, 0.15) is 0 Å². The maximum Gasteiger partial charge on any atom is 0.338 e. The van der Waals surface area contributed by atoms with E-state index >= 15 is 0 Å². The van der Waals surface area contributed by atoms with E-state index in [0.717, 1.165) is 0 Å². The summed E-state index contributed by atoms with van der Waals surface area (Å²) in [6.45, 7) is 3.96. The molecular formula is C10H11O2. The van der Waals surface area contributed by atoms with Crippen molar-refractivity contribution >= 4 is 5.97 Å². The first-order valence-electron chi connectivity index (χ1n) is 3.86. The summed E-state index contributed by atoms with van der Waals surface area (Å²) < 4.78 is 4.88. The average molecular weight is 163 g/mol. The van der Waals surface area contributed by atoms with Crippen molar-refractivity contribution in [3.63, 3.8) is 0 Å². The minimum Gasteiger partial charge on any atom is -0.462 e. The quantitative estimate of drug-likeness (QED) is 0.637. The third-order valence-electron chi connectivity index (χ3n) is 1.39. The molecule has 0 aliphatic heterocycles. The van der Waals surface area contributed by atoms with E-state index in [0.29, 0.717) is 18.6 Å². The summed E-state index contributed by atoms with van der Waals surface area (Å²) in [5.41, 5.74) is 0.589. The van der Waals surface area contributed by atoms with E-state index in [4.69, 9.17) is 4.74 Å². The van der Waals surface area contributed by atoms with Crippen LogP contribution in [0.2, 0.25) is 0 Å². The normalized spacial score (nSPS) is 9.42. The first kappa shape index (κ1) is 8.78. The molecule has 1 aromatic rings. The van der Waals surface area contributed by atoms with Crippen molar-refractivity contribution in [2.24, 2.45) is 0 Å². The molecule has 0 heterocycles. The predicted octanol–water partition coefficient (Wildman–Crippen LogP) is 2.07. The molecule has 0 saturated heterocycles. The zero-order valence-corrected chi connectivity index (χ0v) is 6.82. The summed E-state index contributed by atoms with van der Waals surface area (Å²) in [6, 6.07) is 8.93. The van der Waals surface area contributed by atoms with Crippen molar-refractivity contribution in [2.75, 3.05) is 6.61 Å². The molecule has 0 aromatic heterocycles. The van der Waals surface area contributed by atoms with Crippen LogP contribution < -0.4 is 0 Å². The number of ether oxygens (including phenoxy) is 1. The van der Waals surface area contributed by atoms with Crippen LogP contribution in [0.4, 0.5) is 0 Å². The molecule has 0 fully saturated rings. The largest absolute Gasteiger partial charge is 0.462 e. The van der Waals surface area contributed by atoms with Crippen LogP contribution in [0.3, 0.4) is 0 Å². The summed E-state index contributed by atoms with van der Waals surface area (Å²) in [6.07, 6.45) is 0.610. The lowest BCUT2D eigenvalue weighted by molar-refractivity contribution is 0.0511. The van der Waals surface area contributed by atoms with Crippen molar-refractivity contribution in [3.05, 3.63) is 42.8 Å². The summed E-state index contributed by atoms with van der Waals surface area (Å²) in [5.74, 6) is -0.278. The van der Waals surface area contributed by atoms with Gasteiger partial charge in [0.2, 0.25) is 0 Å². The Morgan fingerprint density at radius 2 is 2.00 bits per heavy atom. The van der Waals surface area contributed by atoms with Gasteiger partial charge in [0.25, 0.3) is 0 Å². The van der Waals surface area contributed by atoms with Gasteiger partial charge in [0, 0.05) is 0 Å². The highest BCUT2D eigenvalue weighted by atomic mass is 16.5. The maximum atomic E-state index is 11.2. The smallest absolute Gasteiger partial charge is 0.338 e. The molecule has 2 heteroatoms. The van der Waals surface area contributed by atoms with E-state index in [2.05, 4.69) is 6.92 Å². The van der Waals surface area contributed by atoms with Gasteiger partial charge in [-0.25, -0.2) is 4.79 Å². The van der Waals surface area contributed by atoms with Crippen LogP contribution in [0.5, 0.6) is 0 Å². The van der Waals surface area contributed by atoms with Gasteiger partial charge in [-0.2, -0.15) is 0 Å². The maximum absolute atomic E-state index is 11.2. The third kappa shape index (κ3) is 2.38. The first-order chi connectivity index (χ1) is 5.84. The molecular weight excluding hydrogens is 152 g/mol. The molecule has 0 spiro atoms. The van der Waals surface area contributed by atoms with Gasteiger partial charge >= 0.3 is 5.97 Å². The molecule has 0 aliphatic carbocycles. The van der Waals surface area contributed by atoms with Crippen LogP contribution in [0, 0.1) is 6.92 Å². The molecule has 0 saturated carbocycles. The topological polar surface area (TPSA) is 26.3 Å². The fraction of sp³-hybridized carbons (Fsp3) is 0.200. The van der Waals surface area contributed by atoms with Gasteiger partial charge in [0.05, 0.1) is 12.2 Å². The highest BCUT2D eigenvalue weighted by Crippen LogP contribution is 2.00. The standard InChI is InChI=1S/C10H11O2/c1-2-8-12-10(11)9-6-4-3-5-7-9/h3-7H,1-2,8H2. The molecule has 12 heavy (non-hydrogen) atoms. The van der Waals surface area contributed by atoms with Crippen LogP contribution in [-0.4, -0.2) is 12.6 Å². The Hall–Kier alpha value is -1.31. The van der Waals surface area contributed by atoms with Crippen LogP contribution in [0.1, 0.15) is 16.8 Å². The van der Waals surface area contributed by atoms with Crippen molar-refractivity contribution in [1.29, 1.82) is 0 Å². The van der Waals surface area contributed by atoms with Crippen LogP contribution in [0.25, 0.3) is 0 Å². The molecule has 1 radical (unpaired) electrons. The van der Waals surface area contributed by atoms with Crippen LogP contribution >= 0.6 is 0 Å². The molecule has 0 aliphatic rings. The van der Waals surface area contributed by atoms with E-state index in [1.807, 2.05) is 6.07 Å². The summed E-state index contributed by atoms with van der Waals surface area (Å²) in [7, 11) is 0. The second-order valence-corrected chi connectivity index (χ2v) is 2.36. The number of hydrogen-bond acceptors (Lipinski definition) is 2. The fourth-order valence-electron chi connectivity index (χ4n) is 0.822. The Balaban J connectivity index is 2.54. The Morgan fingerprint density at radius 3 is 2.58 bits per heavy atom. The Morgan fingerprint density at radius 1 is 1.33 bits per heavy atom. The lowest BCUT2D eigenvalue weighted by Gasteiger charge is -2.01. The van der Waals surface area contributed by atoms with E-state index in [1.54, 1.807) is 24.3 Å². The lowest BCUT2D eigenvalue weighted by atomic mass is 10.2. The molecule has 0 atom stereocenters. The van der Waals surface area contributed by atoms with Crippen LogP contribution in [0.15, 0.2) is 30.3 Å². The molecule has 63 valence electrons. The molecule has 0 bridgehead atoms. The summed E-state index contributed by atoms with van der Waals surface area (Å²) in [4.78, 5) is 11.2. The van der Waals surface area contributed by atoms with Gasteiger partial charge in [-0.3, -0.25) is 0 Å². The predicted molar refractivity (Wildman–Crippen MR) is 46.7 cm³/mol. The van der Waals surface area contributed by atoms with Crippen LogP contribution in [-0.2, 0) is 4.74 Å². The monoisotopic (exact) mass is 163 g/mol. The summed E-state index contributed by atoms with van der Waals surface area (Å²) in [5, 5.41) is 0. The highest BCUT2D eigenvalue weighted by molar-refractivity contribution is 5.89. The van der Waals surface area contributed by atoms with E-state index in [1.165, 1.54) is 0 Å². The van der Waals surface area contributed by atoms with E-state index in [9.17, 15) is 4.79 Å². The third-order valence-corrected chi connectivity index (χ3v) is 1.39. The number of carbonyl (C=O) groups is 1. The van der Waals surface area contributed by atoms with Crippen molar-refractivity contribution in [1.82, 2.24) is 0 Å². The van der Waals surface area contributed by atoms with Gasteiger partial charge in [0.15, 0.2) is 0 Å². The number of carbonyl (C=O) groups excluding carboxylic acids is 1. The number of benzene rings is 1. The zero-order valence-electron chi connectivity index (χ0n) is 6.82. The molecule has 1 aromatic carbocycles. The second-order valence-electron chi connectivity index (χ2n) is 2.36. The van der Waals surface area contributed by atoms with E-state index < -0.39 is 0 Å². The van der Waals surface area contributed by atoms with Gasteiger partial charge < -0.3 is 4.74 Å². The second kappa shape index (κ2) is 4.54. The Labute approximate surface area is 72.2 Å². The van der Waals surface area contributed by atoms with Gasteiger partial charge in [-0.1, -0.05) is 18.2 Å². The Bertz CT molecular complexity index is 241. The molecule has 0 amide bonds. The highest BCUT2D eigenvalue weighted by Gasteiger charge is 2.03. The number of hydrogen-bond donors (Lipinski definition) is 0. The van der Waals surface area contributed by atoms with Gasteiger partial charge in [-0.05, 0) is 25.5 Å². The molecule has 2 nitrogen and oxygen atoms in total. The SMILES string of the molecule is [CH2]CCOC(=O)c1ccccc1. The minimum absolute atomic E-state index is 0.278. The van der Waals surface area contributed by atoms with Crippen molar-refractivity contribution in [3.8, 4) is 0 Å². The molecule has 1 rings (SSSR count). The lowest BCUT2D eigenvalue weighted by Crippen LogP contribution is -2.05.